The standard InChI is InChI=1S/C23H23FN2O4S/c1-3-30-19-12-8-17(9-13-19)16-26(2)23(27)21-6-4-5-7-22(21)25-31(28,29)20-14-10-18(24)11-15-20/h4-15,25H,3,16H2,1-2H3. The number of carbonyl (C=O) groups excluding carboxylic acids is 1. The molecule has 0 bridgehead atoms. The minimum atomic E-state index is -3.98. The van der Waals surface area contributed by atoms with E-state index in [2.05, 4.69) is 4.72 Å². The summed E-state index contributed by atoms with van der Waals surface area (Å²) in [7, 11) is -2.34. The Morgan fingerprint density at radius 3 is 2.29 bits per heavy atom. The lowest BCUT2D eigenvalue weighted by atomic mass is 10.1. The number of halogens is 1. The van der Waals surface area contributed by atoms with Gasteiger partial charge in [0.25, 0.3) is 15.9 Å². The molecule has 6 nitrogen and oxygen atoms in total. The van der Waals surface area contributed by atoms with Crippen molar-refractivity contribution in [2.45, 2.75) is 18.4 Å². The van der Waals surface area contributed by atoms with Crippen molar-refractivity contribution in [1.29, 1.82) is 0 Å². The molecule has 0 aliphatic carbocycles. The van der Waals surface area contributed by atoms with Gasteiger partial charge in [-0.05, 0) is 61.0 Å². The van der Waals surface area contributed by atoms with Crippen molar-refractivity contribution in [1.82, 2.24) is 4.90 Å². The molecular formula is C23H23FN2O4S. The molecule has 3 rings (SSSR count). The molecule has 0 aliphatic heterocycles. The number of hydrogen-bond acceptors (Lipinski definition) is 4. The summed E-state index contributed by atoms with van der Waals surface area (Å²) in [6.07, 6.45) is 0. The van der Waals surface area contributed by atoms with Gasteiger partial charge in [-0.1, -0.05) is 24.3 Å². The number of anilines is 1. The van der Waals surface area contributed by atoms with Crippen LogP contribution < -0.4 is 9.46 Å². The van der Waals surface area contributed by atoms with Gasteiger partial charge in [0.05, 0.1) is 22.8 Å². The van der Waals surface area contributed by atoms with E-state index in [-0.39, 0.29) is 22.1 Å². The average molecular weight is 443 g/mol. The van der Waals surface area contributed by atoms with Crippen LogP contribution in [0.25, 0.3) is 0 Å². The van der Waals surface area contributed by atoms with Gasteiger partial charge in [-0.25, -0.2) is 12.8 Å². The Morgan fingerprint density at radius 1 is 1.00 bits per heavy atom. The highest BCUT2D eigenvalue weighted by Gasteiger charge is 2.20. The highest BCUT2D eigenvalue weighted by atomic mass is 32.2. The summed E-state index contributed by atoms with van der Waals surface area (Å²) in [5.41, 5.74) is 1.26. The first-order valence-electron chi connectivity index (χ1n) is 9.65. The quantitative estimate of drug-likeness (QED) is 0.565. The maximum Gasteiger partial charge on any atom is 0.261 e. The second-order valence-corrected chi connectivity index (χ2v) is 8.53. The van der Waals surface area contributed by atoms with Gasteiger partial charge in [0.2, 0.25) is 0 Å². The molecule has 0 radical (unpaired) electrons. The third kappa shape index (κ3) is 5.61. The van der Waals surface area contributed by atoms with Gasteiger partial charge < -0.3 is 9.64 Å². The fourth-order valence-corrected chi connectivity index (χ4v) is 4.06. The summed E-state index contributed by atoms with van der Waals surface area (Å²) in [5.74, 6) is -0.127. The van der Waals surface area contributed by atoms with Crippen LogP contribution in [0.4, 0.5) is 10.1 Å². The average Bonchev–Trinajstić information content (AvgIpc) is 2.75. The second-order valence-electron chi connectivity index (χ2n) is 6.84. The van der Waals surface area contributed by atoms with Crippen molar-refractivity contribution in [2.75, 3.05) is 18.4 Å². The van der Waals surface area contributed by atoms with Gasteiger partial charge in [0, 0.05) is 13.6 Å². The molecule has 1 amide bonds. The van der Waals surface area contributed by atoms with Crippen LogP contribution in [-0.4, -0.2) is 32.9 Å². The third-order valence-electron chi connectivity index (χ3n) is 4.53. The second kappa shape index (κ2) is 9.61. The van der Waals surface area contributed by atoms with Crippen molar-refractivity contribution < 1.29 is 22.3 Å². The van der Waals surface area contributed by atoms with E-state index >= 15 is 0 Å². The van der Waals surface area contributed by atoms with Gasteiger partial charge >= 0.3 is 0 Å². The molecule has 8 heteroatoms. The van der Waals surface area contributed by atoms with Crippen molar-refractivity contribution in [2.24, 2.45) is 0 Å². The van der Waals surface area contributed by atoms with E-state index in [0.29, 0.717) is 13.2 Å². The van der Waals surface area contributed by atoms with E-state index < -0.39 is 15.8 Å². The van der Waals surface area contributed by atoms with Gasteiger partial charge in [-0.2, -0.15) is 0 Å². The minimum absolute atomic E-state index is 0.0982. The Labute approximate surface area is 181 Å². The topological polar surface area (TPSA) is 75.7 Å². The van der Waals surface area contributed by atoms with Crippen LogP contribution in [-0.2, 0) is 16.6 Å². The number of rotatable bonds is 8. The van der Waals surface area contributed by atoms with Gasteiger partial charge in [-0.3, -0.25) is 9.52 Å². The third-order valence-corrected chi connectivity index (χ3v) is 5.91. The molecule has 0 atom stereocenters. The zero-order chi connectivity index (χ0) is 22.4. The largest absolute Gasteiger partial charge is 0.494 e. The number of benzene rings is 3. The number of para-hydroxylation sites is 1. The van der Waals surface area contributed by atoms with Crippen LogP contribution in [0.5, 0.6) is 5.75 Å². The molecule has 1 N–H and O–H groups in total. The Balaban J connectivity index is 1.78. The molecule has 0 unspecified atom stereocenters. The fraction of sp³-hybridized carbons (Fsp3) is 0.174. The predicted molar refractivity (Wildman–Crippen MR) is 117 cm³/mol. The van der Waals surface area contributed by atoms with Crippen molar-refractivity contribution in [3.8, 4) is 5.75 Å². The molecule has 0 saturated heterocycles. The number of nitrogens with zero attached hydrogens (tertiary/aromatic N) is 1. The van der Waals surface area contributed by atoms with Crippen LogP contribution >= 0.6 is 0 Å². The van der Waals surface area contributed by atoms with E-state index in [1.165, 1.54) is 23.1 Å². The highest BCUT2D eigenvalue weighted by molar-refractivity contribution is 7.92. The molecule has 0 fully saturated rings. The molecule has 162 valence electrons. The van der Waals surface area contributed by atoms with Crippen molar-refractivity contribution >= 4 is 21.6 Å². The first-order chi connectivity index (χ1) is 14.8. The Bertz CT molecular complexity index is 1150. The van der Waals surface area contributed by atoms with Gasteiger partial charge in [0.1, 0.15) is 11.6 Å². The van der Waals surface area contributed by atoms with Crippen LogP contribution in [0.15, 0.2) is 77.7 Å². The van der Waals surface area contributed by atoms with Crippen molar-refractivity contribution in [3.05, 3.63) is 89.7 Å². The summed E-state index contributed by atoms with van der Waals surface area (Å²) in [6, 6.07) is 18.2. The number of hydrogen-bond donors (Lipinski definition) is 1. The van der Waals surface area contributed by atoms with E-state index in [9.17, 15) is 17.6 Å². The van der Waals surface area contributed by atoms with E-state index in [0.717, 1.165) is 23.4 Å². The van der Waals surface area contributed by atoms with E-state index in [1.807, 2.05) is 31.2 Å². The normalized spacial score (nSPS) is 11.1. The fourth-order valence-electron chi connectivity index (χ4n) is 2.99. The summed E-state index contributed by atoms with van der Waals surface area (Å²) in [5, 5.41) is 0. The molecule has 0 aromatic heterocycles. The maximum atomic E-state index is 13.1. The highest BCUT2D eigenvalue weighted by Crippen LogP contribution is 2.22. The number of carbonyl (C=O) groups is 1. The number of nitrogens with one attached hydrogen (secondary N) is 1. The summed E-state index contributed by atoms with van der Waals surface area (Å²) < 4.78 is 46.3. The first kappa shape index (κ1) is 22.3. The minimum Gasteiger partial charge on any atom is -0.494 e. The first-order valence-corrected chi connectivity index (χ1v) is 11.1. The predicted octanol–water partition coefficient (Wildman–Crippen LogP) is 4.30. The number of ether oxygens (including phenoxy) is 1. The summed E-state index contributed by atoms with van der Waals surface area (Å²) >= 11 is 0. The SMILES string of the molecule is CCOc1ccc(CN(C)C(=O)c2ccccc2NS(=O)(=O)c2ccc(F)cc2)cc1. The number of sulfonamides is 1. The Morgan fingerprint density at radius 2 is 1.65 bits per heavy atom. The summed E-state index contributed by atoms with van der Waals surface area (Å²) in [4.78, 5) is 14.4. The molecule has 0 aliphatic rings. The lowest BCUT2D eigenvalue weighted by molar-refractivity contribution is 0.0786. The van der Waals surface area contributed by atoms with Crippen molar-refractivity contribution in [3.63, 3.8) is 0 Å². The molecule has 3 aromatic carbocycles. The molecule has 0 saturated carbocycles. The lowest BCUT2D eigenvalue weighted by Gasteiger charge is -2.20. The summed E-state index contributed by atoms with van der Waals surface area (Å²) in [6.45, 7) is 2.81. The van der Waals surface area contributed by atoms with Crippen LogP contribution in [0.3, 0.4) is 0 Å². The molecule has 0 spiro atoms. The van der Waals surface area contributed by atoms with E-state index in [4.69, 9.17) is 4.74 Å². The van der Waals surface area contributed by atoms with Crippen LogP contribution in [0, 0.1) is 5.82 Å². The Kier molecular flexibility index (Phi) is 6.91. The van der Waals surface area contributed by atoms with Gasteiger partial charge in [-0.15, -0.1) is 0 Å². The monoisotopic (exact) mass is 442 g/mol. The molecule has 3 aromatic rings. The smallest absolute Gasteiger partial charge is 0.261 e. The number of amides is 1. The molecule has 0 heterocycles. The molecular weight excluding hydrogens is 419 g/mol. The molecule has 31 heavy (non-hydrogen) atoms. The zero-order valence-corrected chi connectivity index (χ0v) is 18.0. The van der Waals surface area contributed by atoms with Crippen LogP contribution in [0.2, 0.25) is 0 Å². The lowest BCUT2D eigenvalue weighted by Crippen LogP contribution is -2.27. The van der Waals surface area contributed by atoms with E-state index in [1.54, 1.807) is 25.2 Å². The zero-order valence-electron chi connectivity index (χ0n) is 17.2. The Hall–Kier alpha value is -3.39. The van der Waals surface area contributed by atoms with Gasteiger partial charge in [0.15, 0.2) is 0 Å². The van der Waals surface area contributed by atoms with Crippen LogP contribution in [0.1, 0.15) is 22.8 Å². The maximum absolute atomic E-state index is 13.1.